The van der Waals surface area contributed by atoms with E-state index in [4.69, 9.17) is 4.42 Å². The minimum Gasteiger partial charge on any atom is -0.467 e. The first-order valence-corrected chi connectivity index (χ1v) is 9.02. The first-order valence-electron chi connectivity index (χ1n) is 8.14. The maximum Gasteiger partial charge on any atom is 0.227 e. The fourth-order valence-electron chi connectivity index (χ4n) is 2.61. The number of carbonyl (C=O) groups excluding carboxylic acids is 1. The molecule has 0 unspecified atom stereocenters. The summed E-state index contributed by atoms with van der Waals surface area (Å²) in [7, 11) is 0. The van der Waals surface area contributed by atoms with Crippen LogP contribution in [-0.4, -0.2) is 5.91 Å². The van der Waals surface area contributed by atoms with Crippen molar-refractivity contribution in [1.29, 1.82) is 0 Å². The van der Waals surface area contributed by atoms with Gasteiger partial charge in [-0.2, -0.15) is 0 Å². The second kappa shape index (κ2) is 7.97. The van der Waals surface area contributed by atoms with Crippen molar-refractivity contribution in [2.45, 2.75) is 32.7 Å². The van der Waals surface area contributed by atoms with Crippen molar-refractivity contribution in [3.05, 3.63) is 76.4 Å². The molecule has 2 heterocycles. The average molecular weight is 339 g/mol. The van der Waals surface area contributed by atoms with E-state index in [2.05, 4.69) is 17.5 Å². The van der Waals surface area contributed by atoms with E-state index in [1.165, 1.54) is 10.4 Å². The smallest absolute Gasteiger partial charge is 0.227 e. The molecule has 3 nitrogen and oxygen atoms in total. The predicted octanol–water partition coefficient (Wildman–Crippen LogP) is 5.21. The summed E-state index contributed by atoms with van der Waals surface area (Å²) in [5.74, 6) is 0.925. The summed E-state index contributed by atoms with van der Waals surface area (Å²) in [6.07, 6.45) is 3.99. The number of anilines is 1. The lowest BCUT2D eigenvalue weighted by atomic mass is 10.1. The van der Waals surface area contributed by atoms with E-state index in [0.29, 0.717) is 13.0 Å². The van der Waals surface area contributed by atoms with Crippen LogP contribution in [0.15, 0.2) is 64.6 Å². The highest BCUT2D eigenvalue weighted by atomic mass is 32.1. The molecule has 0 saturated heterocycles. The largest absolute Gasteiger partial charge is 0.467 e. The van der Waals surface area contributed by atoms with Crippen molar-refractivity contribution in [2.75, 3.05) is 4.90 Å². The van der Waals surface area contributed by atoms with Crippen LogP contribution in [0.3, 0.4) is 0 Å². The molecule has 3 rings (SSSR count). The van der Waals surface area contributed by atoms with Crippen molar-refractivity contribution in [1.82, 2.24) is 0 Å². The van der Waals surface area contributed by atoms with Gasteiger partial charge in [0.05, 0.1) is 12.8 Å². The highest BCUT2D eigenvalue weighted by Crippen LogP contribution is 2.21. The highest BCUT2D eigenvalue weighted by molar-refractivity contribution is 7.09. The van der Waals surface area contributed by atoms with Crippen molar-refractivity contribution >= 4 is 22.9 Å². The molecular formula is C20H21NO2S. The second-order valence-electron chi connectivity index (χ2n) is 5.83. The van der Waals surface area contributed by atoms with Gasteiger partial charge in [0.25, 0.3) is 0 Å². The number of hydrogen-bond acceptors (Lipinski definition) is 3. The minimum atomic E-state index is 0.131. The molecule has 0 spiro atoms. The van der Waals surface area contributed by atoms with E-state index < -0.39 is 0 Å². The van der Waals surface area contributed by atoms with E-state index in [-0.39, 0.29) is 5.91 Å². The number of carbonyl (C=O) groups is 1. The molecule has 1 amide bonds. The van der Waals surface area contributed by atoms with Crippen LogP contribution in [0.5, 0.6) is 0 Å². The van der Waals surface area contributed by atoms with Crippen molar-refractivity contribution in [3.63, 3.8) is 0 Å². The lowest BCUT2D eigenvalue weighted by Crippen LogP contribution is -2.30. The Hall–Kier alpha value is -2.33. The van der Waals surface area contributed by atoms with Crippen molar-refractivity contribution in [3.8, 4) is 0 Å². The zero-order valence-corrected chi connectivity index (χ0v) is 14.6. The zero-order valence-electron chi connectivity index (χ0n) is 13.8. The van der Waals surface area contributed by atoms with Crippen LogP contribution in [-0.2, 0) is 17.8 Å². The molecular weight excluding hydrogens is 318 g/mol. The second-order valence-corrected chi connectivity index (χ2v) is 6.86. The number of furan rings is 1. The van der Waals surface area contributed by atoms with Gasteiger partial charge >= 0.3 is 0 Å². The maximum absolute atomic E-state index is 12.8. The number of amides is 1. The Kier molecular flexibility index (Phi) is 5.49. The number of rotatable bonds is 7. The van der Waals surface area contributed by atoms with Gasteiger partial charge in [-0.15, -0.1) is 11.3 Å². The van der Waals surface area contributed by atoms with E-state index in [9.17, 15) is 4.79 Å². The van der Waals surface area contributed by atoms with E-state index in [1.807, 2.05) is 48.2 Å². The summed E-state index contributed by atoms with van der Waals surface area (Å²) < 4.78 is 5.43. The lowest BCUT2D eigenvalue weighted by Gasteiger charge is -2.22. The molecule has 0 fully saturated rings. The first kappa shape index (κ1) is 16.5. The molecule has 0 aliphatic rings. The van der Waals surface area contributed by atoms with Gasteiger partial charge in [0, 0.05) is 17.0 Å². The zero-order chi connectivity index (χ0) is 16.8. The highest BCUT2D eigenvalue weighted by Gasteiger charge is 2.17. The molecule has 0 saturated carbocycles. The van der Waals surface area contributed by atoms with Gasteiger partial charge in [0.1, 0.15) is 5.76 Å². The summed E-state index contributed by atoms with van der Waals surface area (Å²) in [6.45, 7) is 2.51. The number of hydrogen-bond donors (Lipinski definition) is 0. The minimum absolute atomic E-state index is 0.131. The predicted molar refractivity (Wildman–Crippen MR) is 98.3 cm³/mol. The van der Waals surface area contributed by atoms with Crippen LogP contribution in [0.2, 0.25) is 0 Å². The third kappa shape index (κ3) is 4.36. The molecule has 0 bridgehead atoms. The third-order valence-electron chi connectivity index (χ3n) is 3.93. The van der Waals surface area contributed by atoms with E-state index in [1.54, 1.807) is 17.6 Å². The molecule has 0 atom stereocenters. The van der Waals surface area contributed by atoms with Crippen LogP contribution < -0.4 is 4.90 Å². The Bertz CT molecular complexity index is 746. The van der Waals surface area contributed by atoms with Crippen molar-refractivity contribution in [2.24, 2.45) is 0 Å². The van der Waals surface area contributed by atoms with Gasteiger partial charge in [-0.3, -0.25) is 4.79 Å². The van der Waals surface area contributed by atoms with Crippen LogP contribution >= 0.6 is 11.3 Å². The van der Waals surface area contributed by atoms with Gasteiger partial charge in [-0.05, 0) is 55.5 Å². The van der Waals surface area contributed by atoms with Gasteiger partial charge in [-0.1, -0.05) is 23.8 Å². The van der Waals surface area contributed by atoms with Gasteiger partial charge in [-0.25, -0.2) is 0 Å². The fourth-order valence-corrected chi connectivity index (χ4v) is 3.36. The average Bonchev–Trinajstić information content (AvgIpc) is 3.27. The Morgan fingerprint density at radius 2 is 1.96 bits per heavy atom. The molecule has 24 heavy (non-hydrogen) atoms. The number of aryl methyl sites for hydroxylation is 2. The Morgan fingerprint density at radius 3 is 2.62 bits per heavy atom. The maximum atomic E-state index is 12.8. The number of nitrogens with zero attached hydrogens (tertiary/aromatic N) is 1. The normalized spacial score (nSPS) is 10.7. The van der Waals surface area contributed by atoms with Gasteiger partial charge < -0.3 is 9.32 Å². The standard InChI is InChI=1S/C20H21NO2S/c1-16-9-11-17(12-10-16)21(15-18-5-3-13-23-18)20(22)8-2-6-19-7-4-14-24-19/h3-5,7,9-14H,2,6,8,15H2,1H3. The third-order valence-corrected chi connectivity index (χ3v) is 4.87. The van der Waals surface area contributed by atoms with Crippen LogP contribution in [0.4, 0.5) is 5.69 Å². The molecule has 2 aromatic heterocycles. The van der Waals surface area contributed by atoms with E-state index >= 15 is 0 Å². The molecule has 0 radical (unpaired) electrons. The topological polar surface area (TPSA) is 33.5 Å². The molecule has 4 heteroatoms. The molecule has 0 aliphatic heterocycles. The number of benzene rings is 1. The quantitative estimate of drug-likeness (QED) is 0.592. The van der Waals surface area contributed by atoms with Crippen LogP contribution in [0.25, 0.3) is 0 Å². The van der Waals surface area contributed by atoms with E-state index in [0.717, 1.165) is 24.3 Å². The number of thiophene rings is 1. The molecule has 124 valence electrons. The van der Waals surface area contributed by atoms with Gasteiger partial charge in [0.15, 0.2) is 0 Å². The molecule has 3 aromatic rings. The SMILES string of the molecule is Cc1ccc(N(Cc2ccco2)C(=O)CCCc2cccs2)cc1. The summed E-state index contributed by atoms with van der Waals surface area (Å²) >= 11 is 1.74. The van der Waals surface area contributed by atoms with Crippen molar-refractivity contribution < 1.29 is 9.21 Å². The van der Waals surface area contributed by atoms with Crippen LogP contribution in [0.1, 0.15) is 29.0 Å². The monoisotopic (exact) mass is 339 g/mol. The summed E-state index contributed by atoms with van der Waals surface area (Å²) in [6, 6.07) is 16.0. The Balaban J connectivity index is 1.68. The van der Waals surface area contributed by atoms with Crippen LogP contribution in [0, 0.1) is 6.92 Å². The summed E-state index contributed by atoms with van der Waals surface area (Å²) in [5, 5.41) is 2.08. The Morgan fingerprint density at radius 1 is 1.12 bits per heavy atom. The summed E-state index contributed by atoms with van der Waals surface area (Å²) in [4.78, 5) is 15.9. The van der Waals surface area contributed by atoms with Gasteiger partial charge in [0.2, 0.25) is 5.91 Å². The Labute approximate surface area is 146 Å². The molecule has 1 aromatic carbocycles. The summed E-state index contributed by atoms with van der Waals surface area (Å²) in [5.41, 5.74) is 2.10. The molecule has 0 N–H and O–H groups in total. The first-order chi connectivity index (χ1) is 11.7. The molecule has 0 aliphatic carbocycles. The fraction of sp³-hybridized carbons (Fsp3) is 0.250. The lowest BCUT2D eigenvalue weighted by molar-refractivity contribution is -0.118.